The molecule has 0 bridgehead atoms. The van der Waals surface area contributed by atoms with Crippen molar-refractivity contribution in [3.8, 4) is 0 Å². The summed E-state index contributed by atoms with van der Waals surface area (Å²) >= 11 is 0. The minimum absolute atomic E-state index is 1.16. The molecule has 42 valence electrons. The van der Waals surface area contributed by atoms with Crippen molar-refractivity contribution in [3.05, 3.63) is 0 Å². The lowest BCUT2D eigenvalue weighted by atomic mass is 11.1. The predicted molar refractivity (Wildman–Crippen MR) is 30.4 cm³/mol. The van der Waals surface area contributed by atoms with E-state index in [1.54, 1.807) is 0 Å². The summed E-state index contributed by atoms with van der Waals surface area (Å²) in [5, 5.41) is 3.27. The highest BCUT2D eigenvalue weighted by atomic mass is 15.9. The van der Waals surface area contributed by atoms with Gasteiger partial charge < -0.3 is 10.2 Å². The zero-order chi connectivity index (χ0) is 5.11. The third-order valence-electron chi connectivity index (χ3n) is 1.34. The third kappa shape index (κ3) is 1.45. The minimum atomic E-state index is 1.16. The van der Waals surface area contributed by atoms with Gasteiger partial charge in [0.15, 0.2) is 0 Å². The fourth-order valence-electron chi connectivity index (χ4n) is 0.777. The molecule has 1 heterocycles. The largest absolute Gasteiger partial charge is 0.314 e. The summed E-state index contributed by atoms with van der Waals surface area (Å²) in [6, 6.07) is 0. The maximum Gasteiger partial charge on any atom is 0.0104 e. The van der Waals surface area contributed by atoms with Crippen LogP contribution in [0.3, 0.4) is 0 Å². The topological polar surface area (TPSA) is 15.3 Å². The first-order valence-corrected chi connectivity index (χ1v) is 2.79. The van der Waals surface area contributed by atoms with Crippen molar-refractivity contribution in [1.29, 1.82) is 0 Å². The molecule has 0 aromatic rings. The monoisotopic (exact) mass is 105 g/mol. The molecule has 0 atom stereocenters. The van der Waals surface area contributed by atoms with Crippen molar-refractivity contribution in [2.24, 2.45) is 0 Å². The molecule has 0 saturated carbocycles. The minimum Gasteiger partial charge on any atom is -0.314 e. The van der Waals surface area contributed by atoms with Crippen molar-refractivity contribution in [3.63, 3.8) is 0 Å². The molecule has 0 amide bonds. The number of likely N-dealkylation sites (N-methyl/N-ethyl adjacent to an activating group) is 1. The van der Waals surface area contributed by atoms with Crippen LogP contribution < -0.4 is 5.32 Å². The maximum absolute atomic E-state index is 3.27. The first kappa shape index (κ1) is 5.06. The molecule has 1 aliphatic rings. The van der Waals surface area contributed by atoms with Crippen LogP contribution in [0.15, 0.2) is 0 Å². The summed E-state index contributed by atoms with van der Waals surface area (Å²) < 4.78 is 0. The first-order chi connectivity index (χ1) is 3.39. The van der Waals surface area contributed by atoms with Gasteiger partial charge in [0.1, 0.15) is 0 Å². The van der Waals surface area contributed by atoms with Gasteiger partial charge in [-0.1, -0.05) is 0 Å². The molecule has 0 unspecified atom stereocenters. The summed E-state index contributed by atoms with van der Waals surface area (Å²) in [4.78, 5) is 2.33. The number of piperazine rings is 1. The fraction of sp³-hybridized carbons (Fsp3) is 1.00. The molecule has 1 aliphatic heterocycles. The third-order valence-corrected chi connectivity index (χ3v) is 1.34. The lowest BCUT2D eigenvalue weighted by Gasteiger charge is -2.21. The Balaban J connectivity index is 2.12. The summed E-state index contributed by atoms with van der Waals surface area (Å²) in [6.45, 7) is 4.74. The Morgan fingerprint density at radius 3 is 2.14 bits per heavy atom. The van der Waals surface area contributed by atoms with Crippen LogP contribution in [0.5, 0.6) is 0 Å². The Morgan fingerprint density at radius 2 is 1.86 bits per heavy atom. The van der Waals surface area contributed by atoms with E-state index in [1.807, 2.05) is 0 Å². The fourth-order valence-corrected chi connectivity index (χ4v) is 0.777. The molecule has 2 heteroatoms. The second-order valence-electron chi connectivity index (χ2n) is 2.05. The lowest BCUT2D eigenvalue weighted by molar-refractivity contribution is 0.291. The van der Waals surface area contributed by atoms with Gasteiger partial charge in [-0.3, -0.25) is 0 Å². The molecule has 0 aromatic heterocycles. The van der Waals surface area contributed by atoms with Crippen molar-refractivity contribution in [2.45, 2.75) is 0 Å². The highest BCUT2D eigenvalue weighted by Gasteiger charge is 2.01. The smallest absolute Gasteiger partial charge is 0.0104 e. The quantitative estimate of drug-likeness (QED) is 0.330. The van der Waals surface area contributed by atoms with E-state index in [2.05, 4.69) is 17.3 Å². The summed E-state index contributed by atoms with van der Waals surface area (Å²) in [5.41, 5.74) is 0. The van der Waals surface area contributed by atoms with E-state index in [0.29, 0.717) is 0 Å². The highest BCUT2D eigenvalue weighted by molar-refractivity contribution is 4.62. The van der Waals surface area contributed by atoms with Crippen LogP contribution in [0, 0.1) is 0 Å². The second kappa shape index (κ2) is 2.28. The van der Waals surface area contributed by atoms with Gasteiger partial charge in [-0.15, -0.1) is 0 Å². The van der Waals surface area contributed by atoms with E-state index in [0.717, 1.165) is 13.1 Å². The number of nitrogens with zero attached hydrogens (tertiary/aromatic N) is 1. The van der Waals surface area contributed by atoms with Gasteiger partial charge in [-0.2, -0.15) is 0 Å². The Labute approximate surface area is 44.5 Å². The van der Waals surface area contributed by atoms with Crippen LogP contribution in [0.4, 0.5) is 0 Å². The van der Waals surface area contributed by atoms with Crippen LogP contribution in [-0.4, -0.2) is 38.1 Å². The molecular formula is C5H12N2. The van der Waals surface area contributed by atoms with Crippen molar-refractivity contribution in [2.75, 3.05) is 33.2 Å². The summed E-state index contributed by atoms with van der Waals surface area (Å²) in [5.74, 6) is 0. The Morgan fingerprint density at radius 1 is 1.29 bits per heavy atom. The Hall–Kier alpha value is -0.0800. The first-order valence-electron chi connectivity index (χ1n) is 2.79. The van der Waals surface area contributed by atoms with Crippen molar-refractivity contribution < 1.29 is 0 Å². The highest BCUT2D eigenvalue weighted by Crippen LogP contribution is 1.82. The van der Waals surface area contributed by atoms with E-state index in [-0.39, 0.29) is 0 Å². The molecule has 0 radical (unpaired) electrons. The van der Waals surface area contributed by atoms with Gasteiger partial charge in [0.25, 0.3) is 0 Å². The molecule has 1 fully saturated rings. The van der Waals surface area contributed by atoms with E-state index in [4.69, 9.17) is 0 Å². The molecule has 1 saturated heterocycles. The SMILES string of the molecule is CN1[13CH2][13CH2][15NH][13CH2][13CH2]1. The molecular weight excluding hydrogens is 93.0 g/mol. The van der Waals surface area contributed by atoms with E-state index in [1.165, 1.54) is 13.1 Å². The number of hydrogen-bond donors (Lipinski definition) is 1. The van der Waals surface area contributed by atoms with Crippen LogP contribution >= 0.6 is 0 Å². The molecule has 7 heavy (non-hydrogen) atoms. The Bertz CT molecular complexity index is 48.0. The average molecular weight is 105 g/mol. The van der Waals surface area contributed by atoms with E-state index in [9.17, 15) is 0 Å². The summed E-state index contributed by atoms with van der Waals surface area (Å²) in [6.07, 6.45) is 0. The van der Waals surface area contributed by atoms with Gasteiger partial charge in [-0.25, -0.2) is 0 Å². The molecule has 1 rings (SSSR count). The predicted octanol–water partition coefficient (Wildman–Crippen LogP) is -0.479. The number of hydrogen-bond acceptors (Lipinski definition) is 2. The van der Waals surface area contributed by atoms with Crippen LogP contribution in [-0.2, 0) is 0 Å². The number of nitrogens with one attached hydrogen (secondary N) is 1. The Kier molecular flexibility index (Phi) is 1.65. The standard InChI is InChI=1S/C5H12N2/c1-7-4-2-6-3-5-7/h6H,2-5H2,1H3/i2+1,3+1,4+1,5+1,6+1. The second-order valence-corrected chi connectivity index (χ2v) is 2.05. The maximum atomic E-state index is 3.27. The summed E-state index contributed by atoms with van der Waals surface area (Å²) in [7, 11) is 2.15. The van der Waals surface area contributed by atoms with Crippen LogP contribution in [0.1, 0.15) is 0 Å². The zero-order valence-corrected chi connectivity index (χ0v) is 4.78. The van der Waals surface area contributed by atoms with Gasteiger partial charge in [0.2, 0.25) is 0 Å². The molecule has 0 aliphatic carbocycles. The van der Waals surface area contributed by atoms with Gasteiger partial charge in [0, 0.05) is 26.2 Å². The average Bonchev–Trinajstić information content (AvgIpc) is 1.69. The van der Waals surface area contributed by atoms with Gasteiger partial charge in [-0.05, 0) is 7.05 Å². The van der Waals surface area contributed by atoms with Crippen LogP contribution in [0.2, 0.25) is 0 Å². The van der Waals surface area contributed by atoms with Crippen LogP contribution in [0.25, 0.3) is 0 Å². The van der Waals surface area contributed by atoms with Crippen molar-refractivity contribution in [1.82, 2.24) is 10.2 Å². The molecule has 0 aromatic carbocycles. The molecule has 2 nitrogen and oxygen atoms in total. The normalized spacial score (nSPS) is 25.3. The molecule has 1 N–H and O–H groups in total. The van der Waals surface area contributed by atoms with E-state index >= 15 is 0 Å². The molecule has 0 spiro atoms. The van der Waals surface area contributed by atoms with Gasteiger partial charge >= 0.3 is 0 Å². The number of rotatable bonds is 0. The lowest BCUT2D eigenvalue weighted by Crippen LogP contribution is -2.40. The zero-order valence-electron chi connectivity index (χ0n) is 4.78. The van der Waals surface area contributed by atoms with Crippen molar-refractivity contribution >= 4 is 0 Å². The van der Waals surface area contributed by atoms with E-state index < -0.39 is 0 Å². The van der Waals surface area contributed by atoms with Gasteiger partial charge in [0.05, 0.1) is 0 Å².